The van der Waals surface area contributed by atoms with Gasteiger partial charge in [0.1, 0.15) is 0 Å². The highest BCUT2D eigenvalue weighted by Crippen LogP contribution is 2.60. The number of anilines is 2. The maximum atomic E-state index is 15.9. The van der Waals surface area contributed by atoms with Crippen molar-refractivity contribution in [2.75, 3.05) is 29.5 Å². The summed E-state index contributed by atoms with van der Waals surface area (Å²) < 4.78 is 24.3. The molecule has 4 heterocycles. The van der Waals surface area contributed by atoms with E-state index in [9.17, 15) is 9.59 Å². The Morgan fingerprint density at radius 1 is 1.35 bits per heavy atom. The van der Waals surface area contributed by atoms with Gasteiger partial charge in [-0.1, -0.05) is 18.2 Å². The summed E-state index contributed by atoms with van der Waals surface area (Å²) >= 11 is 0. The fraction of sp³-hybridized carbons (Fsp3) is 0.538. The average molecular weight is 528 g/mol. The topological polar surface area (TPSA) is 101 Å². The number of aliphatic hydroxyl groups is 1. The molecule has 2 saturated heterocycles. The van der Waals surface area contributed by atoms with E-state index in [1.807, 2.05) is 25.1 Å². The van der Waals surface area contributed by atoms with Crippen molar-refractivity contribution in [3.63, 3.8) is 0 Å². The molecule has 3 aliphatic heterocycles. The number of rotatable bonds is 9. The standard InChI is InChI=1S/C26H34FN5O4Si/c1-5-11-32-21-7-6-19(31-13-9-23(31)34)15-20(21)26(25(32)35)17(2)24(37(3,4)27)22(36-26)8-12-30-16-18(10-14-33)28-29-30/h5-7,15-17,22,24,33H,1,8-14H2,2-4H3/t17-,22+,24-,26+/m0/s1. The van der Waals surface area contributed by atoms with E-state index < -0.39 is 31.6 Å². The number of aliphatic hydroxyl groups excluding tert-OH is 1. The summed E-state index contributed by atoms with van der Waals surface area (Å²) in [5.74, 6) is -0.574. The normalized spacial score (nSPS) is 27.2. The van der Waals surface area contributed by atoms with Gasteiger partial charge in [-0.15, -0.1) is 11.7 Å². The maximum Gasteiger partial charge on any atom is 0.264 e. The lowest BCUT2D eigenvalue weighted by atomic mass is 9.82. The van der Waals surface area contributed by atoms with E-state index >= 15 is 4.11 Å². The quantitative estimate of drug-likeness (QED) is 0.233. The van der Waals surface area contributed by atoms with Gasteiger partial charge < -0.3 is 23.8 Å². The zero-order chi connectivity index (χ0) is 26.5. The zero-order valence-corrected chi connectivity index (χ0v) is 22.6. The predicted octanol–water partition coefficient (Wildman–Crippen LogP) is 2.95. The summed E-state index contributed by atoms with van der Waals surface area (Å²) in [5, 5.41) is 17.4. The minimum Gasteiger partial charge on any atom is -0.396 e. The van der Waals surface area contributed by atoms with Crippen molar-refractivity contribution in [1.29, 1.82) is 0 Å². The van der Waals surface area contributed by atoms with Gasteiger partial charge in [0.15, 0.2) is 5.60 Å². The Kier molecular flexibility index (Phi) is 6.57. The van der Waals surface area contributed by atoms with Crippen LogP contribution in [0.5, 0.6) is 0 Å². The summed E-state index contributed by atoms with van der Waals surface area (Å²) in [5.41, 5.74) is 1.07. The molecule has 1 aromatic heterocycles. The van der Waals surface area contributed by atoms with E-state index in [-0.39, 0.29) is 18.4 Å². The van der Waals surface area contributed by atoms with Gasteiger partial charge in [0, 0.05) is 68.0 Å². The average Bonchev–Trinajstić information content (AvgIpc) is 3.47. The predicted molar refractivity (Wildman–Crippen MR) is 139 cm³/mol. The first-order chi connectivity index (χ1) is 17.6. The lowest BCUT2D eigenvalue weighted by molar-refractivity contribution is -0.145. The van der Waals surface area contributed by atoms with Gasteiger partial charge in [0.2, 0.25) is 14.3 Å². The van der Waals surface area contributed by atoms with E-state index in [0.717, 1.165) is 11.4 Å². The van der Waals surface area contributed by atoms with Gasteiger partial charge in [-0.3, -0.25) is 14.3 Å². The van der Waals surface area contributed by atoms with Crippen molar-refractivity contribution < 1.29 is 23.5 Å². The van der Waals surface area contributed by atoms with Gasteiger partial charge >= 0.3 is 0 Å². The van der Waals surface area contributed by atoms with Crippen molar-refractivity contribution in [1.82, 2.24) is 15.0 Å². The molecule has 37 heavy (non-hydrogen) atoms. The molecular weight excluding hydrogens is 493 g/mol. The van der Waals surface area contributed by atoms with Crippen LogP contribution in [0.1, 0.15) is 31.0 Å². The maximum absolute atomic E-state index is 15.9. The third-order valence-electron chi connectivity index (χ3n) is 8.01. The molecule has 0 saturated carbocycles. The van der Waals surface area contributed by atoms with Crippen LogP contribution in [0.4, 0.5) is 15.5 Å². The van der Waals surface area contributed by atoms with Crippen LogP contribution in [0.15, 0.2) is 37.1 Å². The molecular formula is C26H34FN5O4Si. The highest BCUT2D eigenvalue weighted by atomic mass is 28.4. The molecule has 0 radical (unpaired) electrons. The molecule has 2 amide bonds. The van der Waals surface area contributed by atoms with Crippen LogP contribution in [-0.2, 0) is 32.9 Å². The van der Waals surface area contributed by atoms with Gasteiger partial charge in [0.05, 0.1) is 17.5 Å². The number of halogens is 1. The molecule has 3 aliphatic rings. The molecule has 4 atom stereocenters. The van der Waals surface area contributed by atoms with E-state index in [0.29, 0.717) is 50.2 Å². The number of fused-ring (bicyclic) bond motifs is 2. The molecule has 9 nitrogen and oxygen atoms in total. The highest BCUT2D eigenvalue weighted by molar-refractivity contribution is 6.72. The number of carbonyl (C=O) groups excluding carboxylic acids is 2. The first-order valence-electron chi connectivity index (χ1n) is 12.9. The largest absolute Gasteiger partial charge is 0.396 e. The fourth-order valence-corrected chi connectivity index (χ4v) is 8.85. The lowest BCUT2D eigenvalue weighted by Crippen LogP contribution is -2.45. The Morgan fingerprint density at radius 3 is 2.76 bits per heavy atom. The van der Waals surface area contributed by atoms with Crippen LogP contribution in [0.25, 0.3) is 0 Å². The number of β-lactam (4-membered cyclic amide) rings is 1. The third-order valence-corrected chi connectivity index (χ3v) is 10.5. The molecule has 198 valence electrons. The summed E-state index contributed by atoms with van der Waals surface area (Å²) in [6, 6.07) is 5.60. The lowest BCUT2D eigenvalue weighted by Gasteiger charge is -2.33. The molecule has 2 aromatic rings. The number of nitrogens with zero attached hydrogens (tertiary/aromatic N) is 5. The SMILES string of the molecule is C=CCN1C(=O)[C@]2(O[C@H](CCn3cc(CCO)nn3)[C@@H]([Si](C)(C)F)[C@@H]2C)c2cc(N3CCC3=O)ccc21. The smallest absolute Gasteiger partial charge is 0.264 e. The number of amides is 2. The minimum atomic E-state index is -3.28. The second kappa shape index (κ2) is 9.45. The molecule has 1 N–H and O–H groups in total. The number of ether oxygens (including phenoxy) is 1. The summed E-state index contributed by atoms with van der Waals surface area (Å²) in [6.45, 7) is 10.5. The van der Waals surface area contributed by atoms with Crippen LogP contribution in [0.2, 0.25) is 18.6 Å². The van der Waals surface area contributed by atoms with Crippen LogP contribution in [0, 0.1) is 5.92 Å². The van der Waals surface area contributed by atoms with Crippen LogP contribution in [-0.4, -0.2) is 66.1 Å². The van der Waals surface area contributed by atoms with E-state index in [1.165, 1.54) is 0 Å². The number of hydrogen-bond donors (Lipinski definition) is 1. The fourth-order valence-electron chi connectivity index (χ4n) is 6.31. The summed E-state index contributed by atoms with van der Waals surface area (Å²) in [6.07, 6.45) is 4.33. The number of aryl methyl sites for hydroxylation is 1. The first-order valence-corrected chi connectivity index (χ1v) is 15.8. The monoisotopic (exact) mass is 527 g/mol. The first kappa shape index (κ1) is 25.7. The van der Waals surface area contributed by atoms with Gasteiger partial charge in [0.25, 0.3) is 5.91 Å². The summed E-state index contributed by atoms with van der Waals surface area (Å²) in [4.78, 5) is 29.6. The Balaban J connectivity index is 1.53. The second-order valence-corrected chi connectivity index (χ2v) is 14.5. The van der Waals surface area contributed by atoms with Gasteiger partial charge in [-0.2, -0.15) is 0 Å². The molecule has 0 unspecified atom stereocenters. The van der Waals surface area contributed by atoms with E-state index in [4.69, 9.17) is 9.84 Å². The number of benzene rings is 1. The van der Waals surface area contributed by atoms with Gasteiger partial charge in [-0.25, -0.2) is 0 Å². The molecule has 1 spiro atoms. The number of hydrogen-bond acceptors (Lipinski definition) is 6. The van der Waals surface area contributed by atoms with Gasteiger partial charge in [-0.05, 0) is 37.7 Å². The van der Waals surface area contributed by atoms with E-state index in [1.54, 1.807) is 39.8 Å². The van der Waals surface area contributed by atoms with Crippen LogP contribution in [0.3, 0.4) is 0 Å². The molecule has 0 aliphatic carbocycles. The molecule has 2 fully saturated rings. The van der Waals surface area contributed by atoms with Crippen molar-refractivity contribution in [2.45, 2.75) is 63.1 Å². The van der Waals surface area contributed by atoms with E-state index in [2.05, 4.69) is 16.9 Å². The Labute approximate surface area is 217 Å². The molecule has 0 bridgehead atoms. The molecule has 1 aromatic carbocycles. The van der Waals surface area contributed by atoms with Crippen molar-refractivity contribution in [2.24, 2.45) is 5.92 Å². The second-order valence-electron chi connectivity index (χ2n) is 10.7. The Morgan fingerprint density at radius 2 is 2.14 bits per heavy atom. The highest BCUT2D eigenvalue weighted by Gasteiger charge is 2.66. The molecule has 11 heteroatoms. The Hall–Kier alpha value is -2.89. The third kappa shape index (κ3) is 4.13. The Bertz CT molecular complexity index is 1230. The van der Waals surface area contributed by atoms with Crippen LogP contribution >= 0.6 is 0 Å². The van der Waals surface area contributed by atoms with Crippen LogP contribution < -0.4 is 9.80 Å². The van der Waals surface area contributed by atoms with Crippen molar-refractivity contribution in [3.8, 4) is 0 Å². The van der Waals surface area contributed by atoms with Crippen molar-refractivity contribution in [3.05, 3.63) is 48.3 Å². The molecule has 5 rings (SSSR count). The zero-order valence-electron chi connectivity index (χ0n) is 21.6. The number of aromatic nitrogens is 3. The minimum absolute atomic E-state index is 0.0120. The van der Waals surface area contributed by atoms with Crippen molar-refractivity contribution >= 4 is 31.6 Å². The number of carbonyl (C=O) groups is 2. The summed E-state index contributed by atoms with van der Waals surface area (Å²) in [7, 11) is -3.28.